The normalized spacial score (nSPS) is 20.0. The number of rotatable bonds is 3. The number of nitrogens with one attached hydrogen (secondary N) is 2. The minimum Gasteiger partial charge on any atom is -0.391 e. The SMILES string of the molecule is CC(C)[C@@H](NC(=O)N1CCC[C@H](O)C1)c1nc2ccccc2[nH]1. The van der Waals surface area contributed by atoms with E-state index in [0.29, 0.717) is 13.1 Å². The first kappa shape index (κ1) is 15.8. The van der Waals surface area contributed by atoms with Gasteiger partial charge in [0.15, 0.2) is 0 Å². The van der Waals surface area contributed by atoms with Gasteiger partial charge in [-0.15, -0.1) is 0 Å². The molecule has 2 aromatic rings. The van der Waals surface area contributed by atoms with E-state index in [1.807, 2.05) is 24.3 Å². The van der Waals surface area contributed by atoms with E-state index < -0.39 is 6.10 Å². The van der Waals surface area contributed by atoms with Crippen molar-refractivity contribution in [3.63, 3.8) is 0 Å². The molecular formula is C17H24N4O2. The highest BCUT2D eigenvalue weighted by molar-refractivity contribution is 5.76. The molecule has 0 spiro atoms. The first-order chi connectivity index (χ1) is 11.0. The number of urea groups is 1. The van der Waals surface area contributed by atoms with Gasteiger partial charge in [0, 0.05) is 13.1 Å². The molecule has 1 aliphatic rings. The van der Waals surface area contributed by atoms with Gasteiger partial charge in [0.05, 0.1) is 23.2 Å². The Kier molecular flexibility index (Phi) is 4.52. The summed E-state index contributed by atoms with van der Waals surface area (Å²) < 4.78 is 0. The fourth-order valence-electron chi connectivity index (χ4n) is 3.03. The van der Waals surface area contributed by atoms with Crippen LogP contribution in [-0.2, 0) is 0 Å². The molecule has 3 rings (SSSR count). The maximum Gasteiger partial charge on any atom is 0.318 e. The molecule has 3 N–H and O–H groups in total. The van der Waals surface area contributed by atoms with Gasteiger partial charge >= 0.3 is 6.03 Å². The molecule has 0 unspecified atom stereocenters. The van der Waals surface area contributed by atoms with Crippen LogP contribution < -0.4 is 5.32 Å². The molecule has 1 aromatic heterocycles. The number of fused-ring (bicyclic) bond motifs is 1. The summed E-state index contributed by atoms with van der Waals surface area (Å²) in [6, 6.07) is 7.52. The van der Waals surface area contributed by atoms with Crippen LogP contribution in [-0.4, -0.2) is 45.2 Å². The Morgan fingerprint density at radius 2 is 2.22 bits per heavy atom. The lowest BCUT2D eigenvalue weighted by Crippen LogP contribution is -2.48. The molecule has 0 aliphatic carbocycles. The monoisotopic (exact) mass is 316 g/mol. The van der Waals surface area contributed by atoms with Gasteiger partial charge in [0.2, 0.25) is 0 Å². The summed E-state index contributed by atoms with van der Waals surface area (Å²) in [6.45, 7) is 5.21. The minimum atomic E-state index is -0.418. The van der Waals surface area contributed by atoms with Gasteiger partial charge in [0.25, 0.3) is 0 Å². The molecule has 1 aromatic carbocycles. The zero-order valence-electron chi connectivity index (χ0n) is 13.6. The predicted molar refractivity (Wildman–Crippen MR) is 89.0 cm³/mol. The van der Waals surface area contributed by atoms with Gasteiger partial charge in [0.1, 0.15) is 5.82 Å². The number of piperidine rings is 1. The minimum absolute atomic E-state index is 0.136. The van der Waals surface area contributed by atoms with Crippen molar-refractivity contribution in [3.8, 4) is 0 Å². The summed E-state index contributed by atoms with van der Waals surface area (Å²) >= 11 is 0. The van der Waals surface area contributed by atoms with E-state index in [4.69, 9.17) is 0 Å². The number of para-hydroxylation sites is 2. The van der Waals surface area contributed by atoms with E-state index >= 15 is 0 Å². The van der Waals surface area contributed by atoms with Gasteiger partial charge in [-0.05, 0) is 30.9 Å². The van der Waals surface area contributed by atoms with Crippen molar-refractivity contribution < 1.29 is 9.90 Å². The number of carbonyl (C=O) groups excluding carboxylic acids is 1. The van der Waals surface area contributed by atoms with Gasteiger partial charge < -0.3 is 20.3 Å². The molecule has 0 radical (unpaired) electrons. The molecule has 2 amide bonds. The average molecular weight is 316 g/mol. The molecule has 0 saturated carbocycles. The lowest BCUT2D eigenvalue weighted by Gasteiger charge is -2.32. The number of aromatic nitrogens is 2. The van der Waals surface area contributed by atoms with Gasteiger partial charge in [-0.1, -0.05) is 26.0 Å². The van der Waals surface area contributed by atoms with E-state index in [1.165, 1.54) is 0 Å². The predicted octanol–water partition coefficient (Wildman–Crippen LogP) is 2.43. The second-order valence-electron chi connectivity index (χ2n) is 6.55. The number of nitrogens with zero attached hydrogens (tertiary/aromatic N) is 2. The van der Waals surface area contributed by atoms with Crippen LogP contribution in [0.5, 0.6) is 0 Å². The van der Waals surface area contributed by atoms with E-state index in [-0.39, 0.29) is 18.0 Å². The topological polar surface area (TPSA) is 81.2 Å². The number of aliphatic hydroxyl groups is 1. The molecule has 1 saturated heterocycles. The van der Waals surface area contributed by atoms with Crippen LogP contribution in [0.25, 0.3) is 11.0 Å². The summed E-state index contributed by atoms with van der Waals surface area (Å²) in [7, 11) is 0. The zero-order valence-corrected chi connectivity index (χ0v) is 13.6. The van der Waals surface area contributed by atoms with Gasteiger partial charge in [-0.2, -0.15) is 0 Å². The third-order valence-corrected chi connectivity index (χ3v) is 4.33. The Balaban J connectivity index is 1.77. The maximum absolute atomic E-state index is 12.5. The third kappa shape index (κ3) is 3.47. The number of H-pyrrole nitrogens is 1. The fraction of sp³-hybridized carbons (Fsp3) is 0.529. The van der Waals surface area contributed by atoms with Crippen molar-refractivity contribution in [2.45, 2.75) is 38.8 Å². The maximum atomic E-state index is 12.5. The first-order valence-electron chi connectivity index (χ1n) is 8.22. The lowest BCUT2D eigenvalue weighted by molar-refractivity contribution is 0.0825. The van der Waals surface area contributed by atoms with E-state index in [0.717, 1.165) is 29.7 Å². The van der Waals surface area contributed by atoms with Crippen LogP contribution in [0, 0.1) is 5.92 Å². The summed E-state index contributed by atoms with van der Waals surface area (Å²) in [5, 5.41) is 12.8. The highest BCUT2D eigenvalue weighted by atomic mass is 16.3. The highest BCUT2D eigenvalue weighted by Gasteiger charge is 2.27. The van der Waals surface area contributed by atoms with Gasteiger partial charge in [-0.25, -0.2) is 9.78 Å². The number of aliphatic hydroxyl groups excluding tert-OH is 1. The molecule has 1 fully saturated rings. The molecule has 6 heteroatoms. The molecular weight excluding hydrogens is 292 g/mol. The van der Waals surface area contributed by atoms with E-state index in [1.54, 1.807) is 4.90 Å². The Labute approximate surface area is 135 Å². The number of β-amino-alcohol motifs (C(OH)–C–C–N with tert-alkyl or cyclic N) is 1. The fourth-order valence-corrected chi connectivity index (χ4v) is 3.03. The Morgan fingerprint density at radius 1 is 1.43 bits per heavy atom. The second kappa shape index (κ2) is 6.58. The average Bonchev–Trinajstić information content (AvgIpc) is 2.95. The van der Waals surface area contributed by atoms with Crippen LogP contribution >= 0.6 is 0 Å². The largest absolute Gasteiger partial charge is 0.391 e. The van der Waals surface area contributed by atoms with Crippen LogP contribution in [0.3, 0.4) is 0 Å². The molecule has 2 atom stereocenters. The molecule has 23 heavy (non-hydrogen) atoms. The van der Waals surface area contributed by atoms with E-state index in [2.05, 4.69) is 29.1 Å². The summed E-state index contributed by atoms with van der Waals surface area (Å²) in [6.07, 6.45) is 1.19. The number of amides is 2. The van der Waals surface area contributed by atoms with Crippen molar-refractivity contribution in [1.82, 2.24) is 20.2 Å². The lowest BCUT2D eigenvalue weighted by atomic mass is 10.0. The molecule has 1 aliphatic heterocycles. The van der Waals surface area contributed by atoms with Crippen molar-refractivity contribution in [1.29, 1.82) is 0 Å². The van der Waals surface area contributed by atoms with Crippen molar-refractivity contribution >= 4 is 17.1 Å². The Bertz CT molecular complexity index is 649. The number of benzene rings is 1. The smallest absolute Gasteiger partial charge is 0.318 e. The summed E-state index contributed by atoms with van der Waals surface area (Å²) in [5.74, 6) is 0.973. The standard InChI is InChI=1S/C17H24N4O2/c1-11(2)15(16-18-13-7-3-4-8-14(13)19-16)20-17(23)21-9-5-6-12(22)10-21/h3-4,7-8,11-12,15,22H,5-6,9-10H2,1-2H3,(H,18,19)(H,20,23)/t12-,15+/m0/s1. The molecule has 6 nitrogen and oxygen atoms in total. The van der Waals surface area contributed by atoms with Crippen molar-refractivity contribution in [3.05, 3.63) is 30.1 Å². The zero-order chi connectivity index (χ0) is 16.4. The number of imidazole rings is 1. The molecule has 2 heterocycles. The number of carbonyl (C=O) groups is 1. The van der Waals surface area contributed by atoms with Crippen LogP contribution in [0.2, 0.25) is 0 Å². The van der Waals surface area contributed by atoms with Crippen molar-refractivity contribution in [2.24, 2.45) is 5.92 Å². The number of likely N-dealkylation sites (tertiary alicyclic amines) is 1. The second-order valence-corrected chi connectivity index (χ2v) is 6.55. The highest BCUT2D eigenvalue weighted by Crippen LogP contribution is 2.23. The quantitative estimate of drug-likeness (QED) is 0.813. The Hall–Kier alpha value is -2.08. The molecule has 124 valence electrons. The van der Waals surface area contributed by atoms with Gasteiger partial charge in [-0.3, -0.25) is 0 Å². The van der Waals surface area contributed by atoms with Crippen LogP contribution in [0.1, 0.15) is 38.6 Å². The van der Waals surface area contributed by atoms with Crippen LogP contribution in [0.15, 0.2) is 24.3 Å². The number of hydrogen-bond donors (Lipinski definition) is 3. The number of hydrogen-bond acceptors (Lipinski definition) is 3. The first-order valence-corrected chi connectivity index (χ1v) is 8.22. The third-order valence-electron chi connectivity index (χ3n) is 4.33. The number of aromatic amines is 1. The van der Waals surface area contributed by atoms with Crippen LogP contribution in [0.4, 0.5) is 4.79 Å². The van der Waals surface area contributed by atoms with Crippen molar-refractivity contribution in [2.75, 3.05) is 13.1 Å². The van der Waals surface area contributed by atoms with E-state index in [9.17, 15) is 9.90 Å². The summed E-state index contributed by atoms with van der Waals surface area (Å²) in [5.41, 5.74) is 1.87. The summed E-state index contributed by atoms with van der Waals surface area (Å²) in [4.78, 5) is 22.1. The Morgan fingerprint density at radius 3 is 2.91 bits per heavy atom. The molecule has 0 bridgehead atoms.